The van der Waals surface area contributed by atoms with Gasteiger partial charge in [0.1, 0.15) is 11.9 Å². The molecule has 5 nitrogen and oxygen atoms in total. The summed E-state index contributed by atoms with van der Waals surface area (Å²) in [5.74, 6) is 0.496. The van der Waals surface area contributed by atoms with E-state index < -0.39 is 0 Å². The molecule has 0 fully saturated rings. The zero-order chi connectivity index (χ0) is 12.4. The summed E-state index contributed by atoms with van der Waals surface area (Å²) in [4.78, 5) is 11.7. The van der Waals surface area contributed by atoms with Crippen LogP contribution in [-0.4, -0.2) is 32.8 Å². The van der Waals surface area contributed by atoms with Crippen LogP contribution in [0.4, 0.5) is 5.69 Å². The quantitative estimate of drug-likeness (QED) is 0.753. The number of amides is 1. The van der Waals surface area contributed by atoms with E-state index in [1.807, 2.05) is 0 Å². The molecule has 1 aromatic carbocycles. The average molecular weight is 236 g/mol. The number of nitrogens with one attached hydrogen (secondary N) is 1. The highest BCUT2D eigenvalue weighted by Gasteiger charge is 2.29. The zero-order valence-electron chi connectivity index (χ0n) is 9.95. The molecule has 1 heterocycles. The molecule has 0 spiro atoms. The van der Waals surface area contributed by atoms with Crippen LogP contribution in [0, 0.1) is 0 Å². The van der Waals surface area contributed by atoms with E-state index in [2.05, 4.69) is 5.32 Å². The predicted octanol–water partition coefficient (Wildman–Crippen LogP) is 0.578. The molecule has 1 unspecified atom stereocenters. The van der Waals surface area contributed by atoms with Crippen molar-refractivity contribution in [1.29, 1.82) is 0 Å². The fourth-order valence-corrected chi connectivity index (χ4v) is 2.05. The first kappa shape index (κ1) is 11.7. The van der Waals surface area contributed by atoms with Gasteiger partial charge in [0.25, 0.3) is 5.91 Å². The Balaban J connectivity index is 2.36. The topological polar surface area (TPSA) is 73.6 Å². The van der Waals surface area contributed by atoms with Gasteiger partial charge in [-0.15, -0.1) is 0 Å². The van der Waals surface area contributed by atoms with E-state index in [0.717, 1.165) is 5.56 Å². The lowest BCUT2D eigenvalue weighted by Crippen LogP contribution is -2.21. The molecule has 0 saturated carbocycles. The summed E-state index contributed by atoms with van der Waals surface area (Å²) in [5, 5.41) is 2.61. The van der Waals surface area contributed by atoms with E-state index in [0.29, 0.717) is 30.0 Å². The molecule has 1 aliphatic rings. The lowest BCUT2D eigenvalue weighted by molar-refractivity contribution is 0.0951. The largest absolute Gasteiger partial charge is 0.485 e. The molecule has 1 atom stereocenters. The van der Waals surface area contributed by atoms with E-state index in [9.17, 15) is 4.79 Å². The Morgan fingerprint density at radius 2 is 2.41 bits per heavy atom. The molecule has 1 aliphatic heterocycles. The van der Waals surface area contributed by atoms with Crippen LogP contribution in [0.5, 0.6) is 5.75 Å². The van der Waals surface area contributed by atoms with E-state index >= 15 is 0 Å². The highest BCUT2D eigenvalue weighted by Crippen LogP contribution is 2.36. The number of nitrogens with two attached hydrogens (primary N) is 1. The second-order valence-corrected chi connectivity index (χ2v) is 3.99. The molecule has 5 heteroatoms. The Labute approximate surface area is 99.9 Å². The van der Waals surface area contributed by atoms with E-state index in [-0.39, 0.29) is 12.0 Å². The summed E-state index contributed by atoms with van der Waals surface area (Å²) in [6.07, 6.45) is 0.583. The van der Waals surface area contributed by atoms with Crippen LogP contribution in [0.3, 0.4) is 0 Å². The Kier molecular flexibility index (Phi) is 3.19. The number of rotatable bonds is 3. The highest BCUT2D eigenvalue weighted by atomic mass is 16.5. The van der Waals surface area contributed by atoms with Crippen LogP contribution in [-0.2, 0) is 11.2 Å². The molecule has 0 saturated heterocycles. The van der Waals surface area contributed by atoms with Crippen molar-refractivity contribution < 1.29 is 14.3 Å². The first-order chi connectivity index (χ1) is 8.17. The first-order valence-electron chi connectivity index (χ1n) is 5.46. The van der Waals surface area contributed by atoms with Gasteiger partial charge in [0.05, 0.1) is 12.3 Å². The molecule has 0 bridgehead atoms. The number of methoxy groups -OCH3 is 1. The lowest BCUT2D eigenvalue weighted by atomic mass is 10.0. The van der Waals surface area contributed by atoms with Gasteiger partial charge in [-0.1, -0.05) is 0 Å². The lowest BCUT2D eigenvalue weighted by Gasteiger charge is -2.09. The highest BCUT2D eigenvalue weighted by molar-refractivity contribution is 5.97. The maximum absolute atomic E-state index is 11.7. The number of hydrogen-bond acceptors (Lipinski definition) is 4. The van der Waals surface area contributed by atoms with Gasteiger partial charge in [0.15, 0.2) is 0 Å². The van der Waals surface area contributed by atoms with Gasteiger partial charge in [0.2, 0.25) is 0 Å². The monoisotopic (exact) mass is 236 g/mol. The molecule has 1 aromatic rings. The summed E-state index contributed by atoms with van der Waals surface area (Å²) in [6.45, 7) is 0.487. The maximum atomic E-state index is 11.7. The van der Waals surface area contributed by atoms with Gasteiger partial charge < -0.3 is 20.5 Å². The third-order valence-corrected chi connectivity index (χ3v) is 2.83. The third kappa shape index (κ3) is 2.06. The van der Waals surface area contributed by atoms with E-state index in [4.69, 9.17) is 15.2 Å². The van der Waals surface area contributed by atoms with Crippen molar-refractivity contribution in [3.05, 3.63) is 23.3 Å². The van der Waals surface area contributed by atoms with Crippen molar-refractivity contribution in [2.45, 2.75) is 12.5 Å². The summed E-state index contributed by atoms with van der Waals surface area (Å²) < 4.78 is 10.7. The summed E-state index contributed by atoms with van der Waals surface area (Å²) >= 11 is 0. The van der Waals surface area contributed by atoms with Crippen molar-refractivity contribution in [3.8, 4) is 5.75 Å². The SMILES string of the molecule is CNC(=O)c1ccc(N)c2c1CC(COC)O2. The van der Waals surface area contributed by atoms with Crippen molar-refractivity contribution in [3.63, 3.8) is 0 Å². The molecule has 92 valence electrons. The van der Waals surface area contributed by atoms with Crippen LogP contribution in [0.15, 0.2) is 12.1 Å². The van der Waals surface area contributed by atoms with Gasteiger partial charge >= 0.3 is 0 Å². The van der Waals surface area contributed by atoms with Crippen LogP contribution >= 0.6 is 0 Å². The van der Waals surface area contributed by atoms with Crippen molar-refractivity contribution >= 4 is 11.6 Å². The molecule has 0 aliphatic carbocycles. The fourth-order valence-electron chi connectivity index (χ4n) is 2.05. The van der Waals surface area contributed by atoms with Crippen molar-refractivity contribution in [2.24, 2.45) is 0 Å². The summed E-state index contributed by atoms with van der Waals surface area (Å²) in [6, 6.07) is 3.42. The Bertz CT molecular complexity index is 446. The van der Waals surface area contributed by atoms with Gasteiger partial charge in [-0.05, 0) is 12.1 Å². The molecular formula is C12H16N2O3. The fraction of sp³-hybridized carbons (Fsp3) is 0.417. The van der Waals surface area contributed by atoms with Crippen LogP contribution in [0.25, 0.3) is 0 Å². The maximum Gasteiger partial charge on any atom is 0.251 e. The smallest absolute Gasteiger partial charge is 0.251 e. The number of hydrogen-bond donors (Lipinski definition) is 2. The molecule has 3 N–H and O–H groups in total. The second kappa shape index (κ2) is 4.63. The van der Waals surface area contributed by atoms with Crippen molar-refractivity contribution in [2.75, 3.05) is 26.5 Å². The minimum Gasteiger partial charge on any atom is -0.485 e. The summed E-state index contributed by atoms with van der Waals surface area (Å²) in [7, 11) is 3.23. The normalized spacial score (nSPS) is 17.4. The van der Waals surface area contributed by atoms with E-state index in [1.165, 1.54) is 0 Å². The Morgan fingerprint density at radius 1 is 1.65 bits per heavy atom. The van der Waals surface area contributed by atoms with E-state index in [1.54, 1.807) is 26.3 Å². The number of carbonyl (C=O) groups is 1. The second-order valence-electron chi connectivity index (χ2n) is 3.99. The van der Waals surface area contributed by atoms with Crippen molar-refractivity contribution in [1.82, 2.24) is 5.32 Å². The number of nitrogen functional groups attached to an aromatic ring is 1. The molecule has 1 amide bonds. The molecule has 0 aromatic heterocycles. The zero-order valence-corrected chi connectivity index (χ0v) is 9.95. The summed E-state index contributed by atoms with van der Waals surface area (Å²) in [5.41, 5.74) is 7.89. The minimum absolute atomic E-state index is 0.0666. The predicted molar refractivity (Wildman–Crippen MR) is 64.2 cm³/mol. The molecular weight excluding hydrogens is 220 g/mol. The number of benzene rings is 1. The minimum atomic E-state index is -0.122. The Hall–Kier alpha value is -1.75. The number of ether oxygens (including phenoxy) is 2. The van der Waals surface area contributed by atoms with Gasteiger partial charge in [-0.25, -0.2) is 0 Å². The first-order valence-corrected chi connectivity index (χ1v) is 5.46. The average Bonchev–Trinajstić information content (AvgIpc) is 2.74. The number of carbonyl (C=O) groups excluding carboxylic acids is 1. The number of fused-ring (bicyclic) bond motifs is 1. The molecule has 0 radical (unpaired) electrons. The van der Waals surface area contributed by atoms with Crippen LogP contribution < -0.4 is 15.8 Å². The van der Waals surface area contributed by atoms with Gasteiger partial charge in [0, 0.05) is 31.7 Å². The molecule has 17 heavy (non-hydrogen) atoms. The van der Waals surface area contributed by atoms with Crippen LogP contribution in [0.2, 0.25) is 0 Å². The standard InChI is InChI=1S/C12H16N2O3/c1-14-12(15)8-3-4-10(13)11-9(8)5-7(17-11)6-16-2/h3-4,7H,5-6,13H2,1-2H3,(H,14,15). The third-order valence-electron chi connectivity index (χ3n) is 2.83. The molecule has 2 rings (SSSR count). The Morgan fingerprint density at radius 3 is 3.06 bits per heavy atom. The number of anilines is 1. The van der Waals surface area contributed by atoms with Gasteiger partial charge in [-0.3, -0.25) is 4.79 Å². The van der Waals surface area contributed by atoms with Gasteiger partial charge in [-0.2, -0.15) is 0 Å². The van der Waals surface area contributed by atoms with Crippen LogP contribution in [0.1, 0.15) is 15.9 Å².